The van der Waals surface area contributed by atoms with Crippen LogP contribution in [0.5, 0.6) is 0 Å². The fourth-order valence-electron chi connectivity index (χ4n) is 1.96. The summed E-state index contributed by atoms with van der Waals surface area (Å²) in [5, 5.41) is 2.11. The van der Waals surface area contributed by atoms with Crippen molar-refractivity contribution in [3.63, 3.8) is 0 Å². The van der Waals surface area contributed by atoms with E-state index in [1.807, 2.05) is 20.8 Å². The second-order valence-electron chi connectivity index (χ2n) is 5.19. The van der Waals surface area contributed by atoms with Crippen LogP contribution in [0.4, 0.5) is 0 Å². The minimum absolute atomic E-state index is 0.0762. The fourth-order valence-corrected chi connectivity index (χ4v) is 2.87. The van der Waals surface area contributed by atoms with Crippen LogP contribution in [0, 0.1) is 11.8 Å². The monoisotopic (exact) mass is 263 g/mol. The summed E-state index contributed by atoms with van der Waals surface area (Å²) >= 11 is 0. The predicted molar refractivity (Wildman–Crippen MR) is 65.1 cm³/mol. The highest BCUT2D eigenvalue weighted by Crippen LogP contribution is 2.30. The summed E-state index contributed by atoms with van der Waals surface area (Å²) in [6.07, 6.45) is 1.13. The van der Waals surface area contributed by atoms with Crippen molar-refractivity contribution in [3.05, 3.63) is 0 Å². The Bertz CT molecular complexity index is 377. The Balaban J connectivity index is 2.52. The largest absolute Gasteiger partial charge is 0.353 e. The van der Waals surface area contributed by atoms with Crippen LogP contribution < -0.4 is 5.32 Å². The number of nitrogens with one attached hydrogen (secondary N) is 1. The maximum atomic E-state index is 11.8. The molecule has 0 saturated heterocycles. The van der Waals surface area contributed by atoms with Gasteiger partial charge in [0.15, 0.2) is 0 Å². The molecule has 1 amide bonds. The zero-order chi connectivity index (χ0) is 13.2. The van der Waals surface area contributed by atoms with Crippen LogP contribution in [0.1, 0.15) is 40.0 Å². The van der Waals surface area contributed by atoms with E-state index < -0.39 is 15.4 Å². The molecule has 0 aliphatic heterocycles. The van der Waals surface area contributed by atoms with E-state index in [2.05, 4.69) is 5.32 Å². The Hall–Kier alpha value is -0.620. The van der Waals surface area contributed by atoms with Gasteiger partial charge in [-0.15, -0.1) is 0 Å². The van der Waals surface area contributed by atoms with Gasteiger partial charge >= 0.3 is 0 Å². The standard InChI is InChI=1S/C11H21NO4S/c1-7(2)8(3)12-11(13)9-4-5-10(6-9)17(14,15)16/h7-10H,4-6H2,1-3H3,(H,12,13)(H,14,15,16). The molecule has 1 aliphatic rings. The summed E-state index contributed by atoms with van der Waals surface area (Å²) in [6, 6.07) is 0.0762. The maximum absolute atomic E-state index is 11.8. The number of hydrogen-bond donors (Lipinski definition) is 2. The molecule has 0 radical (unpaired) electrons. The van der Waals surface area contributed by atoms with Gasteiger partial charge in [-0.2, -0.15) is 8.42 Å². The second-order valence-corrected chi connectivity index (χ2v) is 6.88. The van der Waals surface area contributed by atoms with Crippen molar-refractivity contribution in [1.29, 1.82) is 0 Å². The van der Waals surface area contributed by atoms with Gasteiger partial charge in [0.05, 0.1) is 5.25 Å². The molecule has 5 nitrogen and oxygen atoms in total. The van der Waals surface area contributed by atoms with E-state index in [-0.39, 0.29) is 24.3 Å². The van der Waals surface area contributed by atoms with Crippen LogP contribution in [-0.4, -0.2) is 30.2 Å². The van der Waals surface area contributed by atoms with Gasteiger partial charge in [0.2, 0.25) is 5.91 Å². The molecular formula is C11H21NO4S. The van der Waals surface area contributed by atoms with Crippen molar-refractivity contribution in [2.24, 2.45) is 11.8 Å². The van der Waals surface area contributed by atoms with E-state index in [9.17, 15) is 13.2 Å². The predicted octanol–water partition coefficient (Wildman–Crippen LogP) is 1.20. The maximum Gasteiger partial charge on any atom is 0.267 e. The molecule has 3 unspecified atom stereocenters. The first kappa shape index (κ1) is 14.4. The summed E-state index contributed by atoms with van der Waals surface area (Å²) in [4.78, 5) is 11.8. The summed E-state index contributed by atoms with van der Waals surface area (Å²) in [6.45, 7) is 5.96. The lowest BCUT2D eigenvalue weighted by atomic mass is 10.0. The molecule has 0 aromatic carbocycles. The summed E-state index contributed by atoms with van der Waals surface area (Å²) in [5.41, 5.74) is 0. The van der Waals surface area contributed by atoms with Gasteiger partial charge in [-0.05, 0) is 32.1 Å². The van der Waals surface area contributed by atoms with Crippen molar-refractivity contribution in [1.82, 2.24) is 5.32 Å². The first-order chi connectivity index (χ1) is 7.71. The topological polar surface area (TPSA) is 83.5 Å². The van der Waals surface area contributed by atoms with Gasteiger partial charge < -0.3 is 5.32 Å². The van der Waals surface area contributed by atoms with Gasteiger partial charge in [-0.3, -0.25) is 9.35 Å². The molecule has 1 aliphatic carbocycles. The first-order valence-electron chi connectivity index (χ1n) is 5.98. The van der Waals surface area contributed by atoms with Crippen molar-refractivity contribution in [2.45, 2.75) is 51.3 Å². The first-order valence-corrected chi connectivity index (χ1v) is 7.48. The molecule has 0 bridgehead atoms. The molecule has 0 aromatic heterocycles. The number of amides is 1. The van der Waals surface area contributed by atoms with Crippen LogP contribution in [0.25, 0.3) is 0 Å². The van der Waals surface area contributed by atoms with Crippen LogP contribution in [0.15, 0.2) is 0 Å². The number of hydrogen-bond acceptors (Lipinski definition) is 3. The highest BCUT2D eigenvalue weighted by molar-refractivity contribution is 7.86. The van der Waals surface area contributed by atoms with E-state index in [1.165, 1.54) is 0 Å². The SMILES string of the molecule is CC(C)C(C)NC(=O)C1CCC(S(=O)(=O)O)C1. The lowest BCUT2D eigenvalue weighted by molar-refractivity contribution is -0.125. The van der Waals surface area contributed by atoms with Crippen molar-refractivity contribution in [2.75, 3.05) is 0 Å². The van der Waals surface area contributed by atoms with Crippen LogP contribution in [-0.2, 0) is 14.9 Å². The van der Waals surface area contributed by atoms with Gasteiger partial charge in [-0.25, -0.2) is 0 Å². The highest BCUT2D eigenvalue weighted by Gasteiger charge is 2.36. The Labute approximate surface area is 103 Å². The van der Waals surface area contributed by atoms with E-state index in [0.717, 1.165) is 0 Å². The second kappa shape index (κ2) is 5.35. The zero-order valence-corrected chi connectivity index (χ0v) is 11.3. The van der Waals surface area contributed by atoms with E-state index in [4.69, 9.17) is 4.55 Å². The lowest BCUT2D eigenvalue weighted by Crippen LogP contribution is -2.39. The van der Waals surface area contributed by atoms with E-state index >= 15 is 0 Å². The Kier molecular flexibility index (Phi) is 4.55. The van der Waals surface area contributed by atoms with E-state index in [1.54, 1.807) is 0 Å². The zero-order valence-electron chi connectivity index (χ0n) is 10.5. The molecule has 0 aromatic rings. The molecule has 6 heteroatoms. The minimum atomic E-state index is -3.99. The third-order valence-corrected chi connectivity index (χ3v) is 4.82. The van der Waals surface area contributed by atoms with Crippen LogP contribution in [0.2, 0.25) is 0 Å². The number of carbonyl (C=O) groups excluding carboxylic acids is 1. The third-order valence-electron chi connectivity index (χ3n) is 3.55. The van der Waals surface area contributed by atoms with E-state index in [0.29, 0.717) is 18.8 Å². The number of rotatable bonds is 4. The fraction of sp³-hybridized carbons (Fsp3) is 0.909. The average Bonchev–Trinajstić information content (AvgIpc) is 2.65. The quantitative estimate of drug-likeness (QED) is 0.747. The number of carbonyl (C=O) groups is 1. The normalized spacial score (nSPS) is 27.1. The summed E-state index contributed by atoms with van der Waals surface area (Å²) in [5.74, 6) is -0.0433. The third kappa shape index (κ3) is 3.96. The molecule has 3 atom stereocenters. The Morgan fingerprint density at radius 2 is 1.88 bits per heavy atom. The summed E-state index contributed by atoms with van der Waals surface area (Å²) in [7, 11) is -3.99. The molecule has 0 spiro atoms. The minimum Gasteiger partial charge on any atom is -0.353 e. The lowest BCUT2D eigenvalue weighted by Gasteiger charge is -2.20. The Morgan fingerprint density at radius 3 is 2.29 bits per heavy atom. The highest BCUT2D eigenvalue weighted by atomic mass is 32.2. The van der Waals surface area contributed by atoms with Gasteiger partial charge in [0, 0.05) is 12.0 Å². The molecule has 0 heterocycles. The molecule has 1 fully saturated rings. The van der Waals surface area contributed by atoms with Crippen molar-refractivity contribution >= 4 is 16.0 Å². The summed E-state index contributed by atoms with van der Waals surface area (Å²) < 4.78 is 30.8. The molecular weight excluding hydrogens is 242 g/mol. The Morgan fingerprint density at radius 1 is 1.29 bits per heavy atom. The van der Waals surface area contributed by atoms with Crippen LogP contribution in [0.3, 0.4) is 0 Å². The molecule has 1 saturated carbocycles. The van der Waals surface area contributed by atoms with Crippen LogP contribution >= 0.6 is 0 Å². The average molecular weight is 263 g/mol. The smallest absolute Gasteiger partial charge is 0.267 e. The van der Waals surface area contributed by atoms with Gasteiger partial charge in [0.25, 0.3) is 10.1 Å². The molecule has 1 rings (SSSR count). The van der Waals surface area contributed by atoms with Gasteiger partial charge in [0.1, 0.15) is 0 Å². The van der Waals surface area contributed by atoms with Crippen molar-refractivity contribution in [3.8, 4) is 0 Å². The molecule has 17 heavy (non-hydrogen) atoms. The molecule has 2 N–H and O–H groups in total. The molecule has 100 valence electrons. The van der Waals surface area contributed by atoms with Gasteiger partial charge in [-0.1, -0.05) is 13.8 Å². The van der Waals surface area contributed by atoms with Crippen molar-refractivity contribution < 1.29 is 17.8 Å².